The van der Waals surface area contributed by atoms with Gasteiger partial charge in [0.05, 0.1) is 11.3 Å². The molecule has 3 N–H and O–H groups in total. The Morgan fingerprint density at radius 3 is 2.33 bits per heavy atom. The Morgan fingerprint density at radius 1 is 1.08 bits per heavy atom. The molecule has 2 aromatic carbocycles. The Hall–Kier alpha value is -2.71. The number of rotatable bonds is 5. The van der Waals surface area contributed by atoms with Crippen LogP contribution in [-0.4, -0.2) is 18.3 Å². The average molecular weight is 338 g/mol. The molecular formula is C16H13F3N2O3. The van der Waals surface area contributed by atoms with E-state index in [-0.39, 0.29) is 16.8 Å². The van der Waals surface area contributed by atoms with Crippen molar-refractivity contribution in [1.29, 1.82) is 0 Å². The summed E-state index contributed by atoms with van der Waals surface area (Å²) >= 11 is 0. The highest BCUT2D eigenvalue weighted by molar-refractivity contribution is 6.14. The molecule has 0 saturated carbocycles. The number of halogens is 3. The Bertz CT molecular complexity index is 746. The van der Waals surface area contributed by atoms with Gasteiger partial charge in [-0.15, -0.1) is 0 Å². The molecule has 24 heavy (non-hydrogen) atoms. The molecule has 126 valence electrons. The number of anilines is 1. The normalized spacial score (nSPS) is 11.2. The summed E-state index contributed by atoms with van der Waals surface area (Å²) in [6.45, 7) is -0.500. The first-order valence-corrected chi connectivity index (χ1v) is 6.75. The van der Waals surface area contributed by atoms with Crippen molar-refractivity contribution in [3.8, 4) is 0 Å². The van der Waals surface area contributed by atoms with Crippen LogP contribution in [0.1, 0.15) is 21.5 Å². The molecular weight excluding hydrogens is 325 g/mol. The fourth-order valence-corrected chi connectivity index (χ4v) is 2.02. The van der Waals surface area contributed by atoms with Crippen LogP contribution >= 0.6 is 0 Å². The van der Waals surface area contributed by atoms with E-state index in [1.165, 1.54) is 12.1 Å². The standard InChI is InChI=1S/C16H13F3N2O3/c17-16(18,19)11-6-7-13(21-14(22)9-24-20)12(8-11)15(23)10-4-2-1-3-5-10/h1-8H,9,20H2,(H,21,22). The van der Waals surface area contributed by atoms with Crippen molar-refractivity contribution in [1.82, 2.24) is 0 Å². The Morgan fingerprint density at radius 2 is 1.75 bits per heavy atom. The molecule has 0 aliphatic heterocycles. The third kappa shape index (κ3) is 4.18. The summed E-state index contributed by atoms with van der Waals surface area (Å²) in [5.41, 5.74) is -1.13. The van der Waals surface area contributed by atoms with E-state index in [2.05, 4.69) is 10.2 Å². The molecule has 5 nitrogen and oxygen atoms in total. The van der Waals surface area contributed by atoms with Crippen LogP contribution in [0.5, 0.6) is 0 Å². The molecule has 0 aliphatic rings. The van der Waals surface area contributed by atoms with E-state index in [1.54, 1.807) is 18.2 Å². The van der Waals surface area contributed by atoms with Crippen LogP contribution in [0.2, 0.25) is 0 Å². The van der Waals surface area contributed by atoms with Gasteiger partial charge in [-0.2, -0.15) is 13.2 Å². The van der Waals surface area contributed by atoms with E-state index >= 15 is 0 Å². The van der Waals surface area contributed by atoms with Gasteiger partial charge in [0.2, 0.25) is 0 Å². The number of ketones is 1. The van der Waals surface area contributed by atoms with Gasteiger partial charge in [-0.05, 0) is 18.2 Å². The molecule has 0 unspecified atom stereocenters. The lowest BCUT2D eigenvalue weighted by Crippen LogP contribution is -2.22. The Kier molecular flexibility index (Phi) is 5.32. The fourth-order valence-electron chi connectivity index (χ4n) is 2.02. The van der Waals surface area contributed by atoms with Crippen LogP contribution in [0, 0.1) is 0 Å². The van der Waals surface area contributed by atoms with Crippen molar-refractivity contribution in [3.05, 3.63) is 65.2 Å². The van der Waals surface area contributed by atoms with Gasteiger partial charge in [-0.25, -0.2) is 5.90 Å². The van der Waals surface area contributed by atoms with Gasteiger partial charge in [-0.3, -0.25) is 14.4 Å². The monoisotopic (exact) mass is 338 g/mol. The molecule has 8 heteroatoms. The number of hydrogen-bond donors (Lipinski definition) is 2. The highest BCUT2D eigenvalue weighted by Crippen LogP contribution is 2.32. The summed E-state index contributed by atoms with van der Waals surface area (Å²) in [5, 5.41) is 2.31. The van der Waals surface area contributed by atoms with E-state index in [1.807, 2.05) is 0 Å². The zero-order valence-electron chi connectivity index (χ0n) is 12.3. The maximum Gasteiger partial charge on any atom is 0.416 e. The predicted molar refractivity (Wildman–Crippen MR) is 80.1 cm³/mol. The molecule has 0 saturated heterocycles. The maximum absolute atomic E-state index is 12.9. The molecule has 2 rings (SSSR count). The fraction of sp³-hybridized carbons (Fsp3) is 0.125. The molecule has 1 amide bonds. The van der Waals surface area contributed by atoms with Gasteiger partial charge >= 0.3 is 6.18 Å². The van der Waals surface area contributed by atoms with Gasteiger partial charge in [-0.1, -0.05) is 30.3 Å². The first kappa shape index (κ1) is 17.6. The van der Waals surface area contributed by atoms with Crippen molar-refractivity contribution in [2.45, 2.75) is 6.18 Å². The molecule has 0 aromatic heterocycles. The summed E-state index contributed by atoms with van der Waals surface area (Å²) < 4.78 is 38.7. The van der Waals surface area contributed by atoms with Crippen LogP contribution in [0.3, 0.4) is 0 Å². The van der Waals surface area contributed by atoms with Gasteiger partial charge in [0.25, 0.3) is 5.91 Å². The Balaban J connectivity index is 2.47. The van der Waals surface area contributed by atoms with E-state index in [0.29, 0.717) is 6.07 Å². The number of alkyl halides is 3. The highest BCUT2D eigenvalue weighted by atomic mass is 19.4. The minimum atomic E-state index is -4.62. The summed E-state index contributed by atoms with van der Waals surface area (Å²) in [7, 11) is 0. The van der Waals surface area contributed by atoms with E-state index in [0.717, 1.165) is 12.1 Å². The molecule has 0 heterocycles. The molecule has 0 atom stereocenters. The number of hydrogen-bond acceptors (Lipinski definition) is 4. The summed E-state index contributed by atoms with van der Waals surface area (Å²) in [4.78, 5) is 28.2. The molecule has 0 bridgehead atoms. The topological polar surface area (TPSA) is 81.4 Å². The lowest BCUT2D eigenvalue weighted by Gasteiger charge is -2.14. The third-order valence-corrected chi connectivity index (χ3v) is 3.12. The smallest absolute Gasteiger partial charge is 0.323 e. The van der Waals surface area contributed by atoms with Crippen LogP contribution in [0.25, 0.3) is 0 Å². The summed E-state index contributed by atoms with van der Waals surface area (Å²) in [6.07, 6.45) is -4.62. The lowest BCUT2D eigenvalue weighted by molar-refractivity contribution is -0.137. The number of benzene rings is 2. The van der Waals surface area contributed by atoms with Crippen molar-refractivity contribution in [3.63, 3.8) is 0 Å². The van der Waals surface area contributed by atoms with Crippen LogP contribution in [0.15, 0.2) is 48.5 Å². The van der Waals surface area contributed by atoms with E-state index < -0.39 is 30.0 Å². The number of nitrogens with one attached hydrogen (secondary N) is 1. The largest absolute Gasteiger partial charge is 0.416 e. The maximum atomic E-state index is 12.9. The summed E-state index contributed by atoms with van der Waals surface area (Å²) in [6, 6.07) is 10.3. The van der Waals surface area contributed by atoms with Crippen LogP contribution in [-0.2, 0) is 15.8 Å². The van der Waals surface area contributed by atoms with Crippen molar-refractivity contribution in [2.75, 3.05) is 11.9 Å². The van der Waals surface area contributed by atoms with Gasteiger partial charge in [0.1, 0.15) is 6.61 Å². The van der Waals surface area contributed by atoms with E-state index in [4.69, 9.17) is 5.90 Å². The molecule has 0 spiro atoms. The lowest BCUT2D eigenvalue weighted by atomic mass is 9.99. The van der Waals surface area contributed by atoms with Crippen LogP contribution in [0.4, 0.5) is 18.9 Å². The average Bonchev–Trinajstić information content (AvgIpc) is 2.54. The highest BCUT2D eigenvalue weighted by Gasteiger charge is 2.32. The second kappa shape index (κ2) is 7.24. The molecule has 0 fully saturated rings. The van der Waals surface area contributed by atoms with Gasteiger partial charge in [0.15, 0.2) is 5.78 Å². The minimum Gasteiger partial charge on any atom is -0.323 e. The minimum absolute atomic E-state index is 0.0566. The number of carbonyl (C=O) groups excluding carboxylic acids is 2. The second-order valence-electron chi connectivity index (χ2n) is 4.81. The first-order valence-electron chi connectivity index (χ1n) is 6.75. The van der Waals surface area contributed by atoms with Crippen LogP contribution < -0.4 is 11.2 Å². The Labute approximate surface area is 135 Å². The van der Waals surface area contributed by atoms with Crippen molar-refractivity contribution in [2.24, 2.45) is 5.90 Å². The van der Waals surface area contributed by atoms with Gasteiger partial charge < -0.3 is 5.32 Å². The second-order valence-corrected chi connectivity index (χ2v) is 4.81. The zero-order valence-corrected chi connectivity index (χ0v) is 12.3. The first-order chi connectivity index (χ1) is 11.3. The molecule has 0 aliphatic carbocycles. The third-order valence-electron chi connectivity index (χ3n) is 3.12. The molecule has 0 radical (unpaired) electrons. The predicted octanol–water partition coefficient (Wildman–Crippen LogP) is 2.77. The number of amides is 1. The molecule has 2 aromatic rings. The number of nitrogens with two attached hydrogens (primary N) is 1. The van der Waals surface area contributed by atoms with Crippen molar-refractivity contribution >= 4 is 17.4 Å². The zero-order chi connectivity index (χ0) is 17.7. The summed E-state index contributed by atoms with van der Waals surface area (Å²) in [5.74, 6) is 3.43. The number of carbonyl (C=O) groups is 2. The van der Waals surface area contributed by atoms with E-state index in [9.17, 15) is 22.8 Å². The SMILES string of the molecule is NOCC(=O)Nc1ccc(C(F)(F)F)cc1C(=O)c1ccccc1. The van der Waals surface area contributed by atoms with Crippen molar-refractivity contribution < 1.29 is 27.6 Å². The quantitative estimate of drug-likeness (QED) is 0.649. The van der Waals surface area contributed by atoms with Gasteiger partial charge in [0, 0.05) is 11.1 Å².